The summed E-state index contributed by atoms with van der Waals surface area (Å²) in [6, 6.07) is 0. The van der Waals surface area contributed by atoms with E-state index in [1.165, 1.54) is 0 Å². The predicted molar refractivity (Wildman–Crippen MR) is 59.8 cm³/mol. The lowest BCUT2D eigenvalue weighted by molar-refractivity contribution is 1.15. The normalized spacial score (nSPS) is 10.3. The molecule has 0 spiro atoms. The van der Waals surface area contributed by atoms with Gasteiger partial charge >= 0.3 is 0 Å². The Bertz CT molecular complexity index is 271. The maximum atomic E-state index is 4.19. The highest BCUT2D eigenvalue weighted by atomic mass is 79.9. The highest BCUT2D eigenvalue weighted by molar-refractivity contribution is 9.14. The molecule has 5 heteroatoms. The van der Waals surface area contributed by atoms with Crippen molar-refractivity contribution in [1.82, 2.24) is 4.98 Å². The molecule has 0 unspecified atom stereocenters. The molecule has 1 rings (SSSR count). The van der Waals surface area contributed by atoms with Crippen molar-refractivity contribution < 1.29 is 0 Å². The monoisotopic (exact) mass is 405 g/mol. The van der Waals surface area contributed by atoms with Crippen molar-refractivity contribution in [1.29, 1.82) is 0 Å². The molecule has 0 aromatic carbocycles. The number of halogens is 4. The Morgan fingerprint density at radius 2 is 1.45 bits per heavy atom. The van der Waals surface area contributed by atoms with Crippen LogP contribution in [0.25, 0.3) is 0 Å². The Morgan fingerprint density at radius 1 is 0.909 bits per heavy atom. The molecule has 1 nitrogen and oxygen atoms in total. The van der Waals surface area contributed by atoms with Crippen molar-refractivity contribution in [2.24, 2.45) is 0 Å². The lowest BCUT2D eigenvalue weighted by Crippen LogP contribution is -1.87. The topological polar surface area (TPSA) is 12.9 Å². The van der Waals surface area contributed by atoms with Crippen LogP contribution in [0.2, 0.25) is 0 Å². The van der Waals surface area contributed by atoms with Gasteiger partial charge in [0.05, 0.1) is 4.47 Å². The van der Waals surface area contributed by atoms with E-state index in [2.05, 4.69) is 68.7 Å². The second-order valence-electron chi connectivity index (χ2n) is 1.95. The van der Waals surface area contributed by atoms with E-state index in [0.29, 0.717) is 0 Å². The zero-order valence-electron chi connectivity index (χ0n) is 5.46. The first-order valence-electron chi connectivity index (χ1n) is 2.70. The van der Waals surface area contributed by atoms with E-state index in [4.69, 9.17) is 0 Å². The summed E-state index contributed by atoms with van der Waals surface area (Å²) in [5.74, 6) is 0. The van der Waals surface area contributed by atoms with Crippen LogP contribution in [0.5, 0.6) is 0 Å². The fourth-order valence-electron chi connectivity index (χ4n) is 0.565. The van der Waals surface area contributed by atoms with Gasteiger partial charge in [-0.25, -0.2) is 4.98 Å². The highest BCUT2D eigenvalue weighted by Crippen LogP contribution is 2.34. The van der Waals surface area contributed by atoms with Crippen LogP contribution in [-0.4, -0.2) is 4.98 Å². The SMILES string of the molecule is Cc1c(Br)nc(Br)c(Br)c1Br. The Kier molecular flexibility index (Phi) is 3.56. The fourth-order valence-corrected chi connectivity index (χ4v) is 2.85. The average molecular weight is 409 g/mol. The molecule has 0 atom stereocenters. The second kappa shape index (κ2) is 3.85. The van der Waals surface area contributed by atoms with Gasteiger partial charge in [0, 0.05) is 4.47 Å². The van der Waals surface area contributed by atoms with E-state index >= 15 is 0 Å². The summed E-state index contributed by atoms with van der Waals surface area (Å²) >= 11 is 13.5. The molecule has 0 radical (unpaired) electrons. The van der Waals surface area contributed by atoms with E-state index in [9.17, 15) is 0 Å². The molecule has 0 amide bonds. The number of hydrogen-bond acceptors (Lipinski definition) is 1. The first-order chi connectivity index (χ1) is 5.04. The molecule has 0 saturated heterocycles. The van der Waals surface area contributed by atoms with Crippen molar-refractivity contribution in [2.45, 2.75) is 6.92 Å². The van der Waals surface area contributed by atoms with Crippen molar-refractivity contribution in [2.75, 3.05) is 0 Å². The van der Waals surface area contributed by atoms with Crippen molar-refractivity contribution >= 4 is 63.7 Å². The third-order valence-electron chi connectivity index (χ3n) is 1.21. The first-order valence-corrected chi connectivity index (χ1v) is 5.88. The van der Waals surface area contributed by atoms with Crippen LogP contribution in [0.3, 0.4) is 0 Å². The van der Waals surface area contributed by atoms with Gasteiger partial charge in [-0.15, -0.1) is 0 Å². The summed E-state index contributed by atoms with van der Waals surface area (Å²) < 4.78 is 3.60. The van der Waals surface area contributed by atoms with Gasteiger partial charge in [0.15, 0.2) is 0 Å². The number of nitrogens with zero attached hydrogens (tertiary/aromatic N) is 1. The molecule has 0 fully saturated rings. The third kappa shape index (κ3) is 2.05. The lowest BCUT2D eigenvalue weighted by Gasteiger charge is -2.04. The predicted octanol–water partition coefficient (Wildman–Crippen LogP) is 4.44. The molecular weight excluding hydrogens is 406 g/mol. The van der Waals surface area contributed by atoms with Crippen LogP contribution in [0.4, 0.5) is 0 Å². The molecule has 1 aromatic rings. The zero-order chi connectivity index (χ0) is 8.59. The Labute approximate surface area is 98.5 Å². The second-order valence-corrected chi connectivity index (χ2v) is 5.03. The molecule has 11 heavy (non-hydrogen) atoms. The van der Waals surface area contributed by atoms with Crippen molar-refractivity contribution in [3.8, 4) is 0 Å². The molecule has 1 heterocycles. The molecule has 60 valence electrons. The maximum absolute atomic E-state index is 4.19. The van der Waals surface area contributed by atoms with Crippen LogP contribution >= 0.6 is 63.7 Å². The Morgan fingerprint density at radius 3 is 2.00 bits per heavy atom. The number of rotatable bonds is 0. The quantitative estimate of drug-likeness (QED) is 0.578. The van der Waals surface area contributed by atoms with Crippen LogP contribution in [0.15, 0.2) is 18.2 Å². The minimum Gasteiger partial charge on any atom is -0.232 e. The van der Waals surface area contributed by atoms with Crippen LogP contribution < -0.4 is 0 Å². The van der Waals surface area contributed by atoms with Gasteiger partial charge in [-0.1, -0.05) is 0 Å². The van der Waals surface area contributed by atoms with E-state index < -0.39 is 0 Å². The van der Waals surface area contributed by atoms with E-state index in [0.717, 1.165) is 23.7 Å². The minimum atomic E-state index is 0.793. The first kappa shape index (κ1) is 10.2. The largest absolute Gasteiger partial charge is 0.232 e. The van der Waals surface area contributed by atoms with Gasteiger partial charge in [-0.05, 0) is 76.2 Å². The molecule has 0 aliphatic rings. The van der Waals surface area contributed by atoms with E-state index in [1.807, 2.05) is 6.92 Å². The Hall–Kier alpha value is 1.07. The average Bonchev–Trinajstić information content (AvgIpc) is 1.97. The summed E-state index contributed by atoms with van der Waals surface area (Å²) in [4.78, 5) is 4.19. The number of aromatic nitrogens is 1. The molecule has 0 N–H and O–H groups in total. The van der Waals surface area contributed by atoms with Crippen LogP contribution in [0.1, 0.15) is 5.56 Å². The van der Waals surface area contributed by atoms with Gasteiger partial charge in [-0.2, -0.15) is 0 Å². The van der Waals surface area contributed by atoms with E-state index in [-0.39, 0.29) is 0 Å². The Balaban J connectivity index is 3.46. The smallest absolute Gasteiger partial charge is 0.122 e. The summed E-state index contributed by atoms with van der Waals surface area (Å²) in [5.41, 5.74) is 1.08. The molecule has 1 aromatic heterocycles. The number of hydrogen-bond donors (Lipinski definition) is 0. The summed E-state index contributed by atoms with van der Waals surface area (Å²) in [6.45, 7) is 1.98. The van der Waals surface area contributed by atoms with Crippen molar-refractivity contribution in [3.05, 3.63) is 23.7 Å². The standard InChI is InChI=1S/C6H3Br4N/c1-2-3(7)4(8)6(10)11-5(2)9/h1H3. The lowest BCUT2D eigenvalue weighted by atomic mass is 10.3. The summed E-state index contributed by atoms with van der Waals surface area (Å²) in [7, 11) is 0. The van der Waals surface area contributed by atoms with Gasteiger partial charge in [0.25, 0.3) is 0 Å². The molecule has 0 bridgehead atoms. The van der Waals surface area contributed by atoms with Crippen LogP contribution in [0, 0.1) is 6.92 Å². The van der Waals surface area contributed by atoms with Gasteiger partial charge in [-0.3, -0.25) is 0 Å². The van der Waals surface area contributed by atoms with Gasteiger partial charge in [0.2, 0.25) is 0 Å². The minimum absolute atomic E-state index is 0.793. The maximum Gasteiger partial charge on any atom is 0.122 e. The van der Waals surface area contributed by atoms with Gasteiger partial charge < -0.3 is 0 Å². The molecular formula is C6H3Br4N. The molecule has 0 saturated carbocycles. The van der Waals surface area contributed by atoms with Gasteiger partial charge in [0.1, 0.15) is 9.21 Å². The fraction of sp³-hybridized carbons (Fsp3) is 0.167. The molecule has 0 aliphatic carbocycles. The number of pyridine rings is 1. The van der Waals surface area contributed by atoms with Crippen LogP contribution in [-0.2, 0) is 0 Å². The zero-order valence-corrected chi connectivity index (χ0v) is 11.8. The van der Waals surface area contributed by atoms with Crippen molar-refractivity contribution in [3.63, 3.8) is 0 Å². The van der Waals surface area contributed by atoms with E-state index in [1.54, 1.807) is 0 Å². The molecule has 0 aliphatic heterocycles. The highest BCUT2D eigenvalue weighted by Gasteiger charge is 2.09. The summed E-state index contributed by atoms with van der Waals surface area (Å²) in [6.07, 6.45) is 0. The summed E-state index contributed by atoms with van der Waals surface area (Å²) in [5, 5.41) is 0. The third-order valence-corrected chi connectivity index (χ3v) is 5.38.